The molecule has 0 radical (unpaired) electrons. The number of hydrogen-bond donors (Lipinski definition) is 1. The molecule has 7 nitrogen and oxygen atoms in total. The molecule has 0 aliphatic carbocycles. The molecule has 10 heteroatoms. The van der Waals surface area contributed by atoms with E-state index in [1.54, 1.807) is 0 Å². The number of hydrogen-bond acceptors (Lipinski definition) is 7. The Morgan fingerprint density at radius 1 is 1.04 bits per heavy atom. The Labute approximate surface area is 146 Å². The smallest absolute Gasteiger partial charge is 0.416 e. The summed E-state index contributed by atoms with van der Waals surface area (Å²) in [6.45, 7) is 1.17. The third kappa shape index (κ3) is 4.98. The number of aryl methyl sites for hydroxylation is 1. The standard InChI is InChI=1S/C16H16F3NO6/c1-8-5-9(14(22)25-3)11(6-10(8)16(17,18)19)20-12(15(23)26-4)7-13(21)24-2/h5-7,20H,1-4H3/b12-7+. The Bertz CT molecular complexity index is 755. The number of carbonyl (C=O) groups is 3. The number of ether oxygens (including phenoxy) is 3. The number of nitrogens with one attached hydrogen (secondary N) is 1. The first-order valence-electron chi connectivity index (χ1n) is 7.00. The quantitative estimate of drug-likeness (QED) is 0.480. The number of halogens is 3. The van der Waals surface area contributed by atoms with E-state index in [1.165, 1.54) is 6.92 Å². The van der Waals surface area contributed by atoms with E-state index in [9.17, 15) is 27.6 Å². The lowest BCUT2D eigenvalue weighted by Gasteiger charge is -2.17. The lowest BCUT2D eigenvalue weighted by molar-refractivity contribution is -0.138. The number of methoxy groups -OCH3 is 3. The van der Waals surface area contributed by atoms with Crippen molar-refractivity contribution in [2.24, 2.45) is 0 Å². The topological polar surface area (TPSA) is 90.9 Å². The van der Waals surface area contributed by atoms with Gasteiger partial charge in [-0.05, 0) is 24.6 Å². The number of rotatable bonds is 5. The van der Waals surface area contributed by atoms with Crippen molar-refractivity contribution < 1.29 is 41.8 Å². The van der Waals surface area contributed by atoms with Crippen LogP contribution >= 0.6 is 0 Å². The Kier molecular flexibility index (Phi) is 6.76. The van der Waals surface area contributed by atoms with Crippen LogP contribution in [0.5, 0.6) is 0 Å². The van der Waals surface area contributed by atoms with E-state index in [-0.39, 0.29) is 11.1 Å². The van der Waals surface area contributed by atoms with Gasteiger partial charge in [-0.15, -0.1) is 0 Å². The summed E-state index contributed by atoms with van der Waals surface area (Å²) in [5, 5.41) is 2.30. The zero-order valence-electron chi connectivity index (χ0n) is 14.3. The van der Waals surface area contributed by atoms with Crippen LogP contribution in [-0.4, -0.2) is 39.2 Å². The first-order valence-corrected chi connectivity index (χ1v) is 7.00. The Balaban J connectivity index is 3.55. The van der Waals surface area contributed by atoms with Crippen LogP contribution in [0.2, 0.25) is 0 Å². The third-order valence-corrected chi connectivity index (χ3v) is 3.21. The maximum atomic E-state index is 13.1. The highest BCUT2D eigenvalue weighted by Gasteiger charge is 2.34. The van der Waals surface area contributed by atoms with Gasteiger partial charge in [-0.2, -0.15) is 13.2 Å². The molecular weight excluding hydrogens is 359 g/mol. The molecule has 0 saturated heterocycles. The first-order chi connectivity index (χ1) is 12.0. The molecule has 0 saturated carbocycles. The average molecular weight is 375 g/mol. The second-order valence-electron chi connectivity index (χ2n) is 4.90. The van der Waals surface area contributed by atoms with Gasteiger partial charge < -0.3 is 19.5 Å². The van der Waals surface area contributed by atoms with Gasteiger partial charge >= 0.3 is 24.1 Å². The van der Waals surface area contributed by atoms with Crippen molar-refractivity contribution in [3.8, 4) is 0 Å². The average Bonchev–Trinajstić information content (AvgIpc) is 2.59. The maximum absolute atomic E-state index is 13.1. The van der Waals surface area contributed by atoms with Gasteiger partial charge in [0.1, 0.15) is 5.70 Å². The summed E-state index contributed by atoms with van der Waals surface area (Å²) < 4.78 is 52.8. The third-order valence-electron chi connectivity index (χ3n) is 3.21. The molecular formula is C16H16F3NO6. The Morgan fingerprint density at radius 3 is 2.12 bits per heavy atom. The second-order valence-corrected chi connectivity index (χ2v) is 4.90. The van der Waals surface area contributed by atoms with Crippen LogP contribution in [0.25, 0.3) is 0 Å². The minimum atomic E-state index is -4.70. The van der Waals surface area contributed by atoms with Crippen LogP contribution in [-0.2, 0) is 30.0 Å². The van der Waals surface area contributed by atoms with Crippen molar-refractivity contribution in [1.29, 1.82) is 0 Å². The van der Waals surface area contributed by atoms with E-state index in [2.05, 4.69) is 19.5 Å². The number of alkyl halides is 3. The minimum Gasteiger partial charge on any atom is -0.466 e. The number of benzene rings is 1. The minimum absolute atomic E-state index is 0.222. The molecule has 0 heterocycles. The summed E-state index contributed by atoms with van der Waals surface area (Å²) >= 11 is 0. The van der Waals surface area contributed by atoms with E-state index in [0.29, 0.717) is 12.1 Å². The van der Waals surface area contributed by atoms with Gasteiger partial charge in [-0.25, -0.2) is 14.4 Å². The molecule has 0 amide bonds. The fourth-order valence-electron chi connectivity index (χ4n) is 1.97. The van der Waals surface area contributed by atoms with Gasteiger partial charge in [0.05, 0.1) is 44.2 Å². The van der Waals surface area contributed by atoms with Crippen molar-refractivity contribution in [2.75, 3.05) is 26.6 Å². The molecule has 26 heavy (non-hydrogen) atoms. The van der Waals surface area contributed by atoms with Gasteiger partial charge in [0, 0.05) is 0 Å². The Morgan fingerprint density at radius 2 is 1.65 bits per heavy atom. The van der Waals surface area contributed by atoms with Gasteiger partial charge in [0.15, 0.2) is 0 Å². The largest absolute Gasteiger partial charge is 0.466 e. The summed E-state index contributed by atoms with van der Waals surface area (Å²) in [5.74, 6) is -2.95. The van der Waals surface area contributed by atoms with E-state index in [0.717, 1.165) is 27.4 Å². The molecule has 0 aromatic heterocycles. The summed E-state index contributed by atoms with van der Waals surface area (Å²) in [6, 6.07) is 1.60. The zero-order valence-corrected chi connectivity index (χ0v) is 14.3. The predicted molar refractivity (Wildman–Crippen MR) is 83.3 cm³/mol. The van der Waals surface area contributed by atoms with Gasteiger partial charge in [-0.1, -0.05) is 0 Å². The molecule has 0 unspecified atom stereocenters. The highest BCUT2D eigenvalue weighted by Crippen LogP contribution is 2.35. The highest BCUT2D eigenvalue weighted by atomic mass is 19.4. The molecule has 142 valence electrons. The van der Waals surface area contributed by atoms with Crippen LogP contribution in [0.3, 0.4) is 0 Å². The molecule has 1 aromatic carbocycles. The lowest BCUT2D eigenvalue weighted by atomic mass is 10.0. The zero-order chi connectivity index (χ0) is 20.1. The van der Waals surface area contributed by atoms with E-state index >= 15 is 0 Å². The molecule has 0 fully saturated rings. The maximum Gasteiger partial charge on any atom is 0.416 e. The molecule has 0 atom stereocenters. The summed E-state index contributed by atoms with van der Waals surface area (Å²) in [7, 11) is 3.10. The molecule has 1 N–H and O–H groups in total. The van der Waals surface area contributed by atoms with E-state index in [4.69, 9.17) is 0 Å². The lowest BCUT2D eigenvalue weighted by Crippen LogP contribution is -2.19. The van der Waals surface area contributed by atoms with Crippen molar-refractivity contribution in [1.82, 2.24) is 0 Å². The molecule has 0 aliphatic heterocycles. The molecule has 1 rings (SSSR count). The molecule has 0 aliphatic rings. The monoisotopic (exact) mass is 375 g/mol. The normalized spacial score (nSPS) is 11.6. The molecule has 0 spiro atoms. The van der Waals surface area contributed by atoms with Crippen LogP contribution < -0.4 is 5.32 Å². The van der Waals surface area contributed by atoms with Crippen LogP contribution in [0.15, 0.2) is 23.9 Å². The number of esters is 3. The number of carbonyl (C=O) groups excluding carboxylic acids is 3. The van der Waals surface area contributed by atoms with Crippen molar-refractivity contribution in [3.05, 3.63) is 40.6 Å². The summed E-state index contributed by atoms with van der Waals surface area (Å²) in [4.78, 5) is 35.0. The van der Waals surface area contributed by atoms with Gasteiger partial charge in [0.2, 0.25) is 0 Å². The molecule has 1 aromatic rings. The fraction of sp³-hybridized carbons (Fsp3) is 0.312. The highest BCUT2D eigenvalue weighted by molar-refractivity contribution is 6.02. The van der Waals surface area contributed by atoms with Crippen molar-refractivity contribution in [2.45, 2.75) is 13.1 Å². The first kappa shape index (κ1) is 21.0. The van der Waals surface area contributed by atoms with Gasteiger partial charge in [0.25, 0.3) is 0 Å². The summed E-state index contributed by atoms with van der Waals surface area (Å²) in [6.07, 6.45) is -4.02. The number of anilines is 1. The van der Waals surface area contributed by atoms with Crippen molar-refractivity contribution in [3.63, 3.8) is 0 Å². The predicted octanol–water partition coefficient (Wildman–Crippen LogP) is 2.44. The van der Waals surface area contributed by atoms with Crippen LogP contribution in [0.1, 0.15) is 21.5 Å². The summed E-state index contributed by atoms with van der Waals surface area (Å²) in [5.41, 5.74) is -2.44. The van der Waals surface area contributed by atoms with E-state index in [1.807, 2.05) is 0 Å². The second kappa shape index (κ2) is 8.37. The SMILES string of the molecule is COC(=O)/C=C(/Nc1cc(C(F)(F)F)c(C)cc1C(=O)OC)C(=O)OC. The Hall–Kier alpha value is -3.04. The molecule has 0 bridgehead atoms. The van der Waals surface area contributed by atoms with Crippen LogP contribution in [0.4, 0.5) is 18.9 Å². The fourth-order valence-corrected chi connectivity index (χ4v) is 1.97. The van der Waals surface area contributed by atoms with Crippen molar-refractivity contribution >= 4 is 23.6 Å². The van der Waals surface area contributed by atoms with Crippen LogP contribution in [0, 0.1) is 6.92 Å². The van der Waals surface area contributed by atoms with Gasteiger partial charge in [-0.3, -0.25) is 0 Å². The van der Waals surface area contributed by atoms with E-state index < -0.39 is 41.0 Å².